The average molecular weight is 283 g/mol. The molecule has 1 atom stereocenters. The monoisotopic (exact) mass is 283 g/mol. The number of hydrogen-bond acceptors (Lipinski definition) is 5. The highest BCUT2D eigenvalue weighted by atomic mass is 32.1. The third-order valence-electron chi connectivity index (χ3n) is 3.77. The van der Waals surface area contributed by atoms with Crippen molar-refractivity contribution in [1.82, 2.24) is 10.3 Å². The van der Waals surface area contributed by atoms with E-state index in [1.54, 1.807) is 0 Å². The van der Waals surface area contributed by atoms with Gasteiger partial charge < -0.3 is 15.0 Å². The molecule has 0 saturated carbocycles. The van der Waals surface area contributed by atoms with Crippen molar-refractivity contribution in [3.8, 4) is 0 Å². The van der Waals surface area contributed by atoms with Crippen molar-refractivity contribution in [2.45, 2.75) is 45.7 Å². The van der Waals surface area contributed by atoms with Crippen LogP contribution in [0.4, 0.5) is 5.13 Å². The number of hydrogen-bond donors (Lipinski definition) is 1. The van der Waals surface area contributed by atoms with Crippen molar-refractivity contribution in [2.24, 2.45) is 0 Å². The molecule has 0 radical (unpaired) electrons. The fraction of sp³-hybridized carbons (Fsp3) is 0.786. The first-order valence-corrected chi connectivity index (χ1v) is 7.96. The number of aromatic nitrogens is 1. The van der Waals surface area contributed by atoms with Crippen molar-refractivity contribution < 1.29 is 4.74 Å². The normalized spacial score (nSPS) is 18.5. The van der Waals surface area contributed by atoms with Crippen LogP contribution in [0.2, 0.25) is 0 Å². The van der Waals surface area contributed by atoms with Gasteiger partial charge in [-0.05, 0) is 33.2 Å². The van der Waals surface area contributed by atoms with Gasteiger partial charge in [-0.1, -0.05) is 6.92 Å². The summed E-state index contributed by atoms with van der Waals surface area (Å²) in [4.78, 5) is 8.45. The zero-order valence-electron chi connectivity index (χ0n) is 12.4. The molecule has 0 amide bonds. The van der Waals surface area contributed by atoms with Crippen LogP contribution in [0.25, 0.3) is 0 Å². The van der Waals surface area contributed by atoms with Gasteiger partial charge in [0.15, 0.2) is 5.13 Å². The summed E-state index contributed by atoms with van der Waals surface area (Å²) >= 11 is 1.82. The third-order valence-corrected chi connectivity index (χ3v) is 5.20. The van der Waals surface area contributed by atoms with E-state index in [0.717, 1.165) is 43.4 Å². The lowest BCUT2D eigenvalue weighted by atomic mass is 10.1. The third kappa shape index (κ3) is 3.46. The summed E-state index contributed by atoms with van der Waals surface area (Å²) in [5.74, 6) is 0. The maximum Gasteiger partial charge on any atom is 0.185 e. The first-order valence-electron chi connectivity index (χ1n) is 7.14. The highest BCUT2D eigenvalue weighted by molar-refractivity contribution is 7.15. The Hall–Kier alpha value is -0.650. The Labute approximate surface area is 120 Å². The van der Waals surface area contributed by atoms with Crippen molar-refractivity contribution >= 4 is 16.5 Å². The molecule has 0 aromatic carbocycles. The number of rotatable bonds is 5. The minimum Gasteiger partial charge on any atom is -0.381 e. The van der Waals surface area contributed by atoms with Gasteiger partial charge in [-0.3, -0.25) is 0 Å². The molecule has 1 aromatic heterocycles. The molecule has 4 nitrogen and oxygen atoms in total. The number of nitrogens with one attached hydrogen (secondary N) is 1. The van der Waals surface area contributed by atoms with E-state index in [9.17, 15) is 0 Å². The van der Waals surface area contributed by atoms with Crippen LogP contribution in [-0.4, -0.2) is 37.8 Å². The number of anilines is 1. The Kier molecular flexibility index (Phi) is 5.19. The van der Waals surface area contributed by atoms with Gasteiger partial charge in [0.05, 0.1) is 5.69 Å². The SMILES string of the molecule is CCNC(C)c1sc(N(C)C2CCOCC2)nc1C. The Bertz CT molecular complexity index is 401. The average Bonchev–Trinajstić information content (AvgIpc) is 2.81. The van der Waals surface area contributed by atoms with Crippen molar-refractivity contribution in [1.29, 1.82) is 0 Å². The Balaban J connectivity index is 2.09. The first-order chi connectivity index (χ1) is 9.13. The minimum absolute atomic E-state index is 0.388. The molecule has 108 valence electrons. The zero-order valence-corrected chi connectivity index (χ0v) is 13.2. The Morgan fingerprint density at radius 1 is 1.47 bits per heavy atom. The molecule has 1 aromatic rings. The number of thiazole rings is 1. The molecule has 19 heavy (non-hydrogen) atoms. The Morgan fingerprint density at radius 2 is 2.16 bits per heavy atom. The summed E-state index contributed by atoms with van der Waals surface area (Å²) < 4.78 is 5.43. The molecule has 2 rings (SSSR count). The smallest absolute Gasteiger partial charge is 0.185 e. The quantitative estimate of drug-likeness (QED) is 0.901. The summed E-state index contributed by atoms with van der Waals surface area (Å²) in [6.07, 6.45) is 2.21. The van der Waals surface area contributed by atoms with Gasteiger partial charge >= 0.3 is 0 Å². The maximum atomic E-state index is 5.43. The highest BCUT2D eigenvalue weighted by Crippen LogP contribution is 2.32. The van der Waals surface area contributed by atoms with Crippen LogP contribution in [0.5, 0.6) is 0 Å². The lowest BCUT2D eigenvalue weighted by molar-refractivity contribution is 0.0855. The van der Waals surface area contributed by atoms with E-state index in [2.05, 4.69) is 38.0 Å². The van der Waals surface area contributed by atoms with Crippen molar-refractivity contribution in [3.63, 3.8) is 0 Å². The molecule has 1 saturated heterocycles. The van der Waals surface area contributed by atoms with E-state index in [4.69, 9.17) is 9.72 Å². The van der Waals surface area contributed by atoms with Crippen LogP contribution in [-0.2, 0) is 4.74 Å². The van der Waals surface area contributed by atoms with Crippen LogP contribution < -0.4 is 10.2 Å². The van der Waals surface area contributed by atoms with Crippen LogP contribution in [0.3, 0.4) is 0 Å². The summed E-state index contributed by atoms with van der Waals surface area (Å²) in [6, 6.07) is 0.959. The molecular formula is C14H25N3OS. The molecule has 1 aliphatic rings. The van der Waals surface area contributed by atoms with E-state index < -0.39 is 0 Å². The number of aryl methyl sites for hydroxylation is 1. The van der Waals surface area contributed by atoms with Crippen molar-refractivity contribution in [3.05, 3.63) is 10.6 Å². The Morgan fingerprint density at radius 3 is 2.79 bits per heavy atom. The summed E-state index contributed by atoms with van der Waals surface area (Å²) in [6.45, 7) is 9.20. The number of ether oxygens (including phenoxy) is 1. The standard InChI is InChI=1S/C14H25N3OS/c1-5-15-10(2)13-11(3)16-14(19-13)17(4)12-6-8-18-9-7-12/h10,12,15H,5-9H2,1-4H3. The second-order valence-corrected chi connectivity index (χ2v) is 6.19. The lowest BCUT2D eigenvalue weighted by Gasteiger charge is -2.30. The number of nitrogens with zero attached hydrogens (tertiary/aromatic N) is 2. The van der Waals surface area contributed by atoms with Crippen molar-refractivity contribution in [2.75, 3.05) is 31.7 Å². The fourth-order valence-electron chi connectivity index (χ4n) is 2.57. The van der Waals surface area contributed by atoms with Crippen LogP contribution >= 0.6 is 11.3 Å². The van der Waals surface area contributed by atoms with Gasteiger partial charge in [0.1, 0.15) is 0 Å². The molecule has 1 N–H and O–H groups in total. The van der Waals surface area contributed by atoms with E-state index >= 15 is 0 Å². The zero-order chi connectivity index (χ0) is 13.8. The molecule has 2 heterocycles. The molecule has 0 bridgehead atoms. The van der Waals surface area contributed by atoms with Gasteiger partial charge in [0.2, 0.25) is 0 Å². The van der Waals surface area contributed by atoms with Crippen LogP contribution in [0.15, 0.2) is 0 Å². The van der Waals surface area contributed by atoms with Crippen LogP contribution in [0, 0.1) is 6.92 Å². The molecule has 1 fully saturated rings. The summed E-state index contributed by atoms with van der Waals surface area (Å²) in [5.41, 5.74) is 1.16. The minimum atomic E-state index is 0.388. The van der Waals surface area contributed by atoms with E-state index in [1.807, 2.05) is 11.3 Å². The molecular weight excluding hydrogens is 258 g/mol. The van der Waals surface area contributed by atoms with E-state index in [-0.39, 0.29) is 0 Å². The lowest BCUT2D eigenvalue weighted by Crippen LogP contribution is -2.36. The highest BCUT2D eigenvalue weighted by Gasteiger charge is 2.22. The molecule has 5 heteroatoms. The summed E-state index contributed by atoms with van der Waals surface area (Å²) in [5, 5.41) is 4.61. The van der Waals surface area contributed by atoms with Gasteiger partial charge in [-0.2, -0.15) is 0 Å². The van der Waals surface area contributed by atoms with Gasteiger partial charge in [-0.25, -0.2) is 4.98 Å². The fourth-order valence-corrected chi connectivity index (χ4v) is 3.70. The molecule has 1 unspecified atom stereocenters. The topological polar surface area (TPSA) is 37.4 Å². The second kappa shape index (κ2) is 6.68. The van der Waals surface area contributed by atoms with Gasteiger partial charge in [0.25, 0.3) is 0 Å². The first kappa shape index (κ1) is 14.8. The predicted octanol–water partition coefficient (Wildman–Crippen LogP) is 2.74. The summed E-state index contributed by atoms with van der Waals surface area (Å²) in [7, 11) is 2.16. The molecule has 0 aliphatic carbocycles. The second-order valence-electron chi connectivity index (χ2n) is 5.18. The molecule has 0 spiro atoms. The van der Waals surface area contributed by atoms with Gasteiger partial charge in [0, 0.05) is 37.2 Å². The van der Waals surface area contributed by atoms with Gasteiger partial charge in [-0.15, -0.1) is 11.3 Å². The largest absolute Gasteiger partial charge is 0.381 e. The van der Waals surface area contributed by atoms with Crippen LogP contribution in [0.1, 0.15) is 43.3 Å². The van der Waals surface area contributed by atoms with E-state index in [1.165, 1.54) is 4.88 Å². The predicted molar refractivity (Wildman–Crippen MR) is 81.2 cm³/mol. The van der Waals surface area contributed by atoms with E-state index in [0.29, 0.717) is 12.1 Å². The maximum absolute atomic E-state index is 5.43. The molecule has 1 aliphatic heterocycles.